The third-order valence-corrected chi connectivity index (χ3v) is 2.96. The fourth-order valence-electron chi connectivity index (χ4n) is 1.06. The van der Waals surface area contributed by atoms with Crippen LogP contribution in [-0.4, -0.2) is 17.8 Å². The molecule has 0 spiro atoms. The predicted octanol–water partition coefficient (Wildman–Crippen LogP) is 2.01. The fraction of sp³-hybridized carbons (Fsp3) is 0.750. The minimum atomic E-state index is 0.440. The highest BCUT2D eigenvalue weighted by Gasteiger charge is 2.24. The lowest BCUT2D eigenvalue weighted by Gasteiger charge is -2.22. The van der Waals surface area contributed by atoms with E-state index in [0.717, 1.165) is 13.1 Å². The molecular weight excluding hydrogens is 142 g/mol. The summed E-state index contributed by atoms with van der Waals surface area (Å²) in [7, 11) is 0. The number of allylic oxidation sites excluding steroid dienone is 1. The average Bonchev–Trinajstić information content (AvgIpc) is 2.33. The highest BCUT2D eigenvalue weighted by Crippen LogP contribution is 2.35. The maximum Gasteiger partial charge on any atom is 0.0332 e. The Morgan fingerprint density at radius 3 is 3.00 bits per heavy atom. The molecule has 0 aromatic heterocycles. The van der Waals surface area contributed by atoms with E-state index < -0.39 is 0 Å². The summed E-state index contributed by atoms with van der Waals surface area (Å²) in [5.74, 6) is 0. The van der Waals surface area contributed by atoms with Crippen molar-refractivity contribution in [1.29, 1.82) is 0 Å². The second-order valence-corrected chi connectivity index (χ2v) is 4.42. The topological polar surface area (TPSA) is 12.0 Å². The van der Waals surface area contributed by atoms with Gasteiger partial charge in [-0.1, -0.05) is 13.0 Å². The van der Waals surface area contributed by atoms with Crippen LogP contribution in [0.3, 0.4) is 0 Å². The summed E-state index contributed by atoms with van der Waals surface area (Å²) in [6.07, 6.45) is 3.46. The normalized spacial score (nSPS) is 31.4. The van der Waals surface area contributed by atoms with E-state index in [1.807, 2.05) is 11.8 Å². The quantitative estimate of drug-likeness (QED) is 0.672. The molecule has 1 nitrogen and oxygen atoms in total. The van der Waals surface area contributed by atoms with Crippen molar-refractivity contribution in [2.75, 3.05) is 13.1 Å². The van der Waals surface area contributed by atoms with Gasteiger partial charge in [0, 0.05) is 11.3 Å². The van der Waals surface area contributed by atoms with Crippen LogP contribution in [0.15, 0.2) is 11.5 Å². The third-order valence-electron chi connectivity index (χ3n) is 1.75. The molecule has 0 bridgehead atoms. The lowest BCUT2D eigenvalue weighted by atomic mass is 10.1. The SMILES string of the molecule is CCNCC1(C)CC=CS1. The van der Waals surface area contributed by atoms with Crippen LogP contribution >= 0.6 is 11.8 Å². The summed E-state index contributed by atoms with van der Waals surface area (Å²) in [6, 6.07) is 0. The Morgan fingerprint density at radius 1 is 1.70 bits per heavy atom. The molecule has 0 saturated heterocycles. The number of nitrogens with one attached hydrogen (secondary N) is 1. The van der Waals surface area contributed by atoms with Crippen molar-refractivity contribution in [3.63, 3.8) is 0 Å². The largest absolute Gasteiger partial charge is 0.316 e. The van der Waals surface area contributed by atoms with Gasteiger partial charge in [-0.2, -0.15) is 0 Å². The summed E-state index contributed by atoms with van der Waals surface area (Å²) < 4.78 is 0.440. The van der Waals surface area contributed by atoms with E-state index in [2.05, 4.69) is 30.6 Å². The Bertz CT molecular complexity index is 123. The average molecular weight is 157 g/mol. The predicted molar refractivity (Wildman–Crippen MR) is 48.3 cm³/mol. The van der Waals surface area contributed by atoms with Gasteiger partial charge in [0.05, 0.1) is 0 Å². The summed E-state index contributed by atoms with van der Waals surface area (Å²) in [5, 5.41) is 5.58. The van der Waals surface area contributed by atoms with E-state index in [4.69, 9.17) is 0 Å². The standard InChI is InChI=1S/C8H15NS/c1-3-9-7-8(2)5-4-6-10-8/h4,6,9H,3,5,7H2,1-2H3. The molecule has 1 aliphatic rings. The number of hydrogen-bond donors (Lipinski definition) is 1. The van der Waals surface area contributed by atoms with E-state index in [-0.39, 0.29) is 0 Å². The lowest BCUT2D eigenvalue weighted by Crippen LogP contribution is -2.32. The monoisotopic (exact) mass is 157 g/mol. The van der Waals surface area contributed by atoms with E-state index in [1.54, 1.807) is 0 Å². The molecule has 1 atom stereocenters. The molecule has 0 radical (unpaired) electrons. The van der Waals surface area contributed by atoms with Crippen LogP contribution in [0.5, 0.6) is 0 Å². The van der Waals surface area contributed by atoms with Crippen molar-refractivity contribution in [3.8, 4) is 0 Å². The Morgan fingerprint density at radius 2 is 2.50 bits per heavy atom. The van der Waals surface area contributed by atoms with Gasteiger partial charge in [0.25, 0.3) is 0 Å². The summed E-state index contributed by atoms with van der Waals surface area (Å²) in [5.41, 5.74) is 0. The summed E-state index contributed by atoms with van der Waals surface area (Å²) >= 11 is 1.94. The van der Waals surface area contributed by atoms with Gasteiger partial charge in [0.2, 0.25) is 0 Å². The van der Waals surface area contributed by atoms with Gasteiger partial charge in [-0.25, -0.2) is 0 Å². The highest BCUT2D eigenvalue weighted by molar-refractivity contribution is 8.03. The Balaban J connectivity index is 2.24. The maximum atomic E-state index is 3.37. The molecular formula is C8H15NS. The van der Waals surface area contributed by atoms with Crippen LogP contribution in [0.2, 0.25) is 0 Å². The van der Waals surface area contributed by atoms with Crippen LogP contribution < -0.4 is 5.32 Å². The first kappa shape index (κ1) is 8.15. The van der Waals surface area contributed by atoms with Crippen LogP contribution in [-0.2, 0) is 0 Å². The minimum Gasteiger partial charge on any atom is -0.316 e. The zero-order chi connectivity index (χ0) is 7.45. The smallest absolute Gasteiger partial charge is 0.0332 e. The lowest BCUT2D eigenvalue weighted by molar-refractivity contribution is 0.580. The molecule has 0 saturated carbocycles. The number of thioether (sulfide) groups is 1. The van der Waals surface area contributed by atoms with Crippen molar-refractivity contribution >= 4 is 11.8 Å². The van der Waals surface area contributed by atoms with Crippen molar-refractivity contribution in [2.24, 2.45) is 0 Å². The molecule has 1 N–H and O–H groups in total. The van der Waals surface area contributed by atoms with Crippen LogP contribution in [0.25, 0.3) is 0 Å². The van der Waals surface area contributed by atoms with Crippen molar-refractivity contribution < 1.29 is 0 Å². The van der Waals surface area contributed by atoms with E-state index in [1.165, 1.54) is 6.42 Å². The van der Waals surface area contributed by atoms with Gasteiger partial charge in [0.15, 0.2) is 0 Å². The van der Waals surface area contributed by atoms with E-state index in [0.29, 0.717) is 4.75 Å². The maximum absolute atomic E-state index is 3.37. The Kier molecular flexibility index (Phi) is 2.81. The molecule has 2 heteroatoms. The van der Waals surface area contributed by atoms with Crippen LogP contribution in [0.4, 0.5) is 0 Å². The first-order valence-corrected chi connectivity index (χ1v) is 4.68. The molecule has 1 unspecified atom stereocenters. The molecule has 0 aromatic carbocycles. The van der Waals surface area contributed by atoms with Gasteiger partial charge >= 0.3 is 0 Å². The van der Waals surface area contributed by atoms with Gasteiger partial charge in [-0.3, -0.25) is 0 Å². The minimum absolute atomic E-state index is 0.440. The third kappa shape index (κ3) is 2.03. The Hall–Kier alpha value is 0.0500. The summed E-state index contributed by atoms with van der Waals surface area (Å²) in [6.45, 7) is 6.66. The molecule has 1 rings (SSSR count). The highest BCUT2D eigenvalue weighted by atomic mass is 32.2. The Labute approximate surface area is 67.3 Å². The van der Waals surface area contributed by atoms with Gasteiger partial charge in [-0.15, -0.1) is 11.8 Å². The summed E-state index contributed by atoms with van der Waals surface area (Å²) in [4.78, 5) is 0. The number of hydrogen-bond acceptors (Lipinski definition) is 2. The van der Waals surface area contributed by atoms with Crippen molar-refractivity contribution in [3.05, 3.63) is 11.5 Å². The van der Waals surface area contributed by atoms with E-state index >= 15 is 0 Å². The van der Waals surface area contributed by atoms with Crippen molar-refractivity contribution in [1.82, 2.24) is 5.32 Å². The molecule has 0 aliphatic carbocycles. The first-order chi connectivity index (χ1) is 4.77. The molecule has 0 amide bonds. The van der Waals surface area contributed by atoms with Crippen LogP contribution in [0, 0.1) is 0 Å². The molecule has 0 fully saturated rings. The second kappa shape index (κ2) is 3.44. The molecule has 0 aromatic rings. The molecule has 1 aliphatic heterocycles. The zero-order valence-corrected chi connectivity index (χ0v) is 7.50. The van der Waals surface area contributed by atoms with E-state index in [9.17, 15) is 0 Å². The first-order valence-electron chi connectivity index (χ1n) is 3.80. The van der Waals surface area contributed by atoms with Gasteiger partial charge in [0.1, 0.15) is 0 Å². The van der Waals surface area contributed by atoms with Crippen LogP contribution in [0.1, 0.15) is 20.3 Å². The number of rotatable bonds is 3. The zero-order valence-electron chi connectivity index (χ0n) is 6.68. The molecule has 1 heterocycles. The fourth-order valence-corrected chi connectivity index (χ4v) is 1.96. The molecule has 58 valence electrons. The second-order valence-electron chi connectivity index (χ2n) is 2.92. The molecule has 10 heavy (non-hydrogen) atoms. The van der Waals surface area contributed by atoms with Crippen molar-refractivity contribution in [2.45, 2.75) is 25.0 Å². The van der Waals surface area contributed by atoms with Gasteiger partial charge in [-0.05, 0) is 25.3 Å². The van der Waals surface area contributed by atoms with Gasteiger partial charge < -0.3 is 5.32 Å².